The smallest absolute Gasteiger partial charge is 0.125 e. The van der Waals surface area contributed by atoms with E-state index in [4.69, 9.17) is 15.5 Å². The molecule has 0 radical (unpaired) electrons. The summed E-state index contributed by atoms with van der Waals surface area (Å²) in [6, 6.07) is 0.137. The normalized spacial score (nSPS) is 28.1. The number of hydrogen-bond acceptors (Lipinski definition) is 4. The Hall–Kier alpha value is -0.450. The number of nitrogens with two attached hydrogens (primary N) is 1. The second-order valence-electron chi connectivity index (χ2n) is 7.19. The van der Waals surface area contributed by atoms with E-state index in [9.17, 15) is 0 Å². The number of thiazole rings is 1. The van der Waals surface area contributed by atoms with Gasteiger partial charge in [0.2, 0.25) is 0 Å². The molecule has 0 aliphatic heterocycles. The van der Waals surface area contributed by atoms with Crippen molar-refractivity contribution < 1.29 is 4.74 Å². The van der Waals surface area contributed by atoms with Crippen LogP contribution in [0.3, 0.4) is 0 Å². The summed E-state index contributed by atoms with van der Waals surface area (Å²) in [5.74, 6) is 0. The first kappa shape index (κ1) is 14.5. The second kappa shape index (κ2) is 5.08. The summed E-state index contributed by atoms with van der Waals surface area (Å²) in [7, 11) is 1.85. The topological polar surface area (TPSA) is 48.1 Å². The molecular formula is C16H26N2OS. The average molecular weight is 294 g/mol. The molecule has 0 amide bonds. The molecule has 0 aromatic carbocycles. The van der Waals surface area contributed by atoms with Gasteiger partial charge in [0.1, 0.15) is 10.6 Å². The Morgan fingerprint density at radius 2 is 1.95 bits per heavy atom. The molecule has 0 bridgehead atoms. The van der Waals surface area contributed by atoms with Gasteiger partial charge in [-0.05, 0) is 50.4 Å². The molecule has 1 unspecified atom stereocenters. The summed E-state index contributed by atoms with van der Waals surface area (Å²) < 4.78 is 5.98. The first-order valence-corrected chi connectivity index (χ1v) is 8.58. The maximum atomic E-state index is 6.22. The van der Waals surface area contributed by atoms with Gasteiger partial charge in [-0.25, -0.2) is 4.98 Å². The van der Waals surface area contributed by atoms with Gasteiger partial charge in [0.05, 0.1) is 5.69 Å². The number of rotatable bonds is 2. The van der Waals surface area contributed by atoms with Crippen LogP contribution in [0.4, 0.5) is 0 Å². The summed E-state index contributed by atoms with van der Waals surface area (Å²) >= 11 is 1.85. The van der Waals surface area contributed by atoms with Crippen LogP contribution in [-0.2, 0) is 16.8 Å². The van der Waals surface area contributed by atoms with E-state index in [1.165, 1.54) is 29.1 Å². The standard InChI is InChI=1S/C16H26N2OS/c1-15(2)7-9-16(19-3,10-8-15)14-18-13-11(17)5-4-6-12(13)20-14/h11H,4-10,17H2,1-3H3. The van der Waals surface area contributed by atoms with Gasteiger partial charge < -0.3 is 10.5 Å². The molecule has 2 aliphatic rings. The SMILES string of the molecule is COC1(c2nc3c(s2)CCCC3N)CCC(C)(C)CC1. The van der Waals surface area contributed by atoms with Crippen molar-refractivity contribution in [2.24, 2.45) is 11.1 Å². The first-order valence-electron chi connectivity index (χ1n) is 7.77. The first-order chi connectivity index (χ1) is 9.46. The molecule has 0 spiro atoms. The Kier molecular flexibility index (Phi) is 3.68. The number of aryl methyl sites for hydroxylation is 1. The predicted molar refractivity (Wildman–Crippen MR) is 82.9 cm³/mol. The maximum Gasteiger partial charge on any atom is 0.125 e. The molecule has 1 aromatic rings. The van der Waals surface area contributed by atoms with Crippen LogP contribution < -0.4 is 5.73 Å². The zero-order chi connectivity index (χ0) is 14.4. The quantitative estimate of drug-likeness (QED) is 0.899. The number of aromatic nitrogens is 1. The highest BCUT2D eigenvalue weighted by Gasteiger charge is 2.42. The van der Waals surface area contributed by atoms with Gasteiger partial charge >= 0.3 is 0 Å². The average Bonchev–Trinajstić information content (AvgIpc) is 2.85. The predicted octanol–water partition coefficient (Wildman–Crippen LogP) is 3.92. The van der Waals surface area contributed by atoms with Crippen molar-refractivity contribution in [2.45, 2.75) is 70.4 Å². The summed E-state index contributed by atoms with van der Waals surface area (Å²) in [4.78, 5) is 6.32. The summed E-state index contributed by atoms with van der Waals surface area (Å²) in [5.41, 5.74) is 7.65. The number of nitrogens with zero attached hydrogens (tertiary/aromatic N) is 1. The van der Waals surface area contributed by atoms with E-state index < -0.39 is 0 Å². The van der Waals surface area contributed by atoms with Crippen LogP contribution in [0.1, 0.15) is 74.0 Å². The third kappa shape index (κ3) is 2.42. The van der Waals surface area contributed by atoms with Crippen LogP contribution >= 0.6 is 11.3 Å². The van der Waals surface area contributed by atoms with Crippen molar-refractivity contribution in [3.63, 3.8) is 0 Å². The van der Waals surface area contributed by atoms with Crippen LogP contribution in [0.2, 0.25) is 0 Å². The lowest BCUT2D eigenvalue weighted by atomic mass is 9.71. The van der Waals surface area contributed by atoms with Crippen molar-refractivity contribution in [2.75, 3.05) is 7.11 Å². The van der Waals surface area contributed by atoms with Gasteiger partial charge in [-0.15, -0.1) is 11.3 Å². The van der Waals surface area contributed by atoms with Crippen molar-refractivity contribution in [1.82, 2.24) is 4.98 Å². The molecular weight excluding hydrogens is 268 g/mol. The minimum absolute atomic E-state index is 0.137. The molecule has 1 heterocycles. The Balaban J connectivity index is 1.91. The zero-order valence-corrected chi connectivity index (χ0v) is 13.7. The molecule has 3 nitrogen and oxygen atoms in total. The lowest BCUT2D eigenvalue weighted by molar-refractivity contribution is -0.0668. The lowest BCUT2D eigenvalue weighted by Gasteiger charge is -2.41. The monoisotopic (exact) mass is 294 g/mol. The van der Waals surface area contributed by atoms with Crippen LogP contribution in [0.15, 0.2) is 0 Å². The van der Waals surface area contributed by atoms with Gasteiger partial charge in [0.15, 0.2) is 0 Å². The molecule has 1 aromatic heterocycles. The maximum absolute atomic E-state index is 6.22. The Morgan fingerprint density at radius 1 is 1.25 bits per heavy atom. The molecule has 112 valence electrons. The molecule has 0 saturated heterocycles. The second-order valence-corrected chi connectivity index (χ2v) is 8.27. The van der Waals surface area contributed by atoms with Gasteiger partial charge in [-0.3, -0.25) is 0 Å². The minimum Gasteiger partial charge on any atom is -0.371 e. The van der Waals surface area contributed by atoms with E-state index >= 15 is 0 Å². The molecule has 1 saturated carbocycles. The van der Waals surface area contributed by atoms with E-state index in [2.05, 4.69) is 13.8 Å². The molecule has 1 atom stereocenters. The molecule has 4 heteroatoms. The van der Waals surface area contributed by atoms with E-state index in [-0.39, 0.29) is 11.6 Å². The van der Waals surface area contributed by atoms with Crippen LogP contribution in [0.25, 0.3) is 0 Å². The minimum atomic E-state index is -0.156. The fourth-order valence-corrected chi connectivity index (χ4v) is 4.88. The van der Waals surface area contributed by atoms with E-state index in [0.29, 0.717) is 5.41 Å². The third-order valence-corrected chi connectivity index (χ3v) is 6.51. The highest BCUT2D eigenvalue weighted by Crippen LogP contribution is 2.49. The van der Waals surface area contributed by atoms with Gasteiger partial charge in [0.25, 0.3) is 0 Å². The summed E-state index contributed by atoms with van der Waals surface area (Å²) in [6.45, 7) is 4.71. The van der Waals surface area contributed by atoms with Crippen LogP contribution in [-0.4, -0.2) is 12.1 Å². The van der Waals surface area contributed by atoms with Crippen molar-refractivity contribution in [3.05, 3.63) is 15.6 Å². The summed E-state index contributed by atoms with van der Waals surface area (Å²) in [5, 5.41) is 1.18. The number of methoxy groups -OCH3 is 1. The fourth-order valence-electron chi connectivity index (χ4n) is 3.48. The van der Waals surface area contributed by atoms with Gasteiger partial charge in [-0.1, -0.05) is 13.8 Å². The summed E-state index contributed by atoms with van der Waals surface area (Å²) in [6.07, 6.45) is 7.99. The van der Waals surface area contributed by atoms with Crippen molar-refractivity contribution in [3.8, 4) is 0 Å². The largest absolute Gasteiger partial charge is 0.371 e. The lowest BCUT2D eigenvalue weighted by Crippen LogP contribution is -2.36. The van der Waals surface area contributed by atoms with E-state index in [1.807, 2.05) is 18.4 Å². The molecule has 3 rings (SSSR count). The number of hydrogen-bond donors (Lipinski definition) is 1. The highest BCUT2D eigenvalue weighted by atomic mass is 32.1. The van der Waals surface area contributed by atoms with Crippen LogP contribution in [0, 0.1) is 5.41 Å². The highest BCUT2D eigenvalue weighted by molar-refractivity contribution is 7.11. The zero-order valence-electron chi connectivity index (χ0n) is 12.9. The fraction of sp³-hybridized carbons (Fsp3) is 0.812. The van der Waals surface area contributed by atoms with Crippen molar-refractivity contribution >= 4 is 11.3 Å². The Labute approximate surface area is 125 Å². The Morgan fingerprint density at radius 3 is 2.55 bits per heavy atom. The van der Waals surface area contributed by atoms with Crippen LogP contribution in [0.5, 0.6) is 0 Å². The molecule has 2 N–H and O–H groups in total. The molecule has 20 heavy (non-hydrogen) atoms. The van der Waals surface area contributed by atoms with E-state index in [1.54, 1.807) is 0 Å². The molecule has 2 aliphatic carbocycles. The van der Waals surface area contributed by atoms with Crippen molar-refractivity contribution in [1.29, 1.82) is 0 Å². The van der Waals surface area contributed by atoms with Gasteiger partial charge in [-0.2, -0.15) is 0 Å². The van der Waals surface area contributed by atoms with Gasteiger partial charge in [0, 0.05) is 18.0 Å². The van der Waals surface area contributed by atoms with E-state index in [0.717, 1.165) is 31.4 Å². The Bertz CT molecular complexity index is 485. The number of fused-ring (bicyclic) bond motifs is 1. The molecule has 1 fully saturated rings. The third-order valence-electron chi connectivity index (χ3n) is 5.19. The number of ether oxygens (including phenoxy) is 1.